The predicted octanol–water partition coefficient (Wildman–Crippen LogP) is 9.10. The van der Waals surface area contributed by atoms with Crippen molar-refractivity contribution in [3.05, 3.63) is 120 Å². The van der Waals surface area contributed by atoms with Gasteiger partial charge in [-0.15, -0.1) is 0 Å². The van der Waals surface area contributed by atoms with E-state index in [1.807, 2.05) is 0 Å². The first-order chi connectivity index (χ1) is 15.7. The van der Waals surface area contributed by atoms with Gasteiger partial charge in [0.05, 0.1) is 0 Å². The molecule has 6 aromatic rings. The molecule has 6 aromatic carbocycles. The molecule has 0 heteroatoms. The summed E-state index contributed by atoms with van der Waals surface area (Å²) in [5.74, 6) is 0. The molecule has 32 heavy (non-hydrogen) atoms. The molecular weight excluding hydrogens is 384 g/mol. The van der Waals surface area contributed by atoms with Crippen molar-refractivity contribution in [1.29, 1.82) is 0 Å². The summed E-state index contributed by atoms with van der Waals surface area (Å²) >= 11 is 0. The Balaban J connectivity index is 1.80. The van der Waals surface area contributed by atoms with Gasteiger partial charge in [-0.25, -0.2) is 0 Å². The number of rotatable bonds is 2. The zero-order valence-electron chi connectivity index (χ0n) is 18.4. The first kappa shape index (κ1) is 18.8. The number of hydrogen-bond donors (Lipinski definition) is 0. The molecule has 6 rings (SSSR count). The second kappa shape index (κ2) is 7.35. The number of hydrogen-bond acceptors (Lipinski definition) is 0. The van der Waals surface area contributed by atoms with Crippen molar-refractivity contribution in [2.24, 2.45) is 0 Å². The second-order valence-electron chi connectivity index (χ2n) is 8.67. The summed E-state index contributed by atoms with van der Waals surface area (Å²) in [5, 5.41) is 7.78. The van der Waals surface area contributed by atoms with Gasteiger partial charge in [0.2, 0.25) is 0 Å². The molecule has 0 aromatic heterocycles. The standard InChI is InChI=1S/C32H24/c1-21-10-9-11-22(2)30(21)32-28-16-7-5-14-26(28)31(27-15-6-8-17-29(27)32)25-19-18-23-12-3-4-13-24(23)20-25/h3-20H,1-2H3. The van der Waals surface area contributed by atoms with Crippen molar-refractivity contribution in [2.45, 2.75) is 13.8 Å². The highest BCUT2D eigenvalue weighted by molar-refractivity contribution is 6.22. The quantitative estimate of drug-likeness (QED) is 0.251. The molecule has 0 atom stereocenters. The van der Waals surface area contributed by atoms with Gasteiger partial charge >= 0.3 is 0 Å². The van der Waals surface area contributed by atoms with E-state index in [0.717, 1.165) is 0 Å². The van der Waals surface area contributed by atoms with Crippen molar-refractivity contribution >= 4 is 32.3 Å². The van der Waals surface area contributed by atoms with Crippen LogP contribution in [0.3, 0.4) is 0 Å². The molecule has 0 aliphatic carbocycles. The molecule has 0 aliphatic heterocycles. The van der Waals surface area contributed by atoms with Crippen LogP contribution in [0.5, 0.6) is 0 Å². The lowest BCUT2D eigenvalue weighted by Gasteiger charge is -2.20. The average molecular weight is 409 g/mol. The van der Waals surface area contributed by atoms with Crippen molar-refractivity contribution in [2.75, 3.05) is 0 Å². The summed E-state index contributed by atoms with van der Waals surface area (Å²) in [4.78, 5) is 0. The molecule has 0 fully saturated rings. The molecular formula is C32H24. The summed E-state index contributed by atoms with van der Waals surface area (Å²) in [7, 11) is 0. The normalized spacial score (nSPS) is 11.4. The van der Waals surface area contributed by atoms with Crippen LogP contribution in [-0.2, 0) is 0 Å². The molecule has 0 N–H and O–H groups in total. The molecule has 0 amide bonds. The summed E-state index contributed by atoms with van der Waals surface area (Å²) < 4.78 is 0. The van der Waals surface area contributed by atoms with E-state index < -0.39 is 0 Å². The maximum Gasteiger partial charge on any atom is -0.00210 e. The number of aryl methyl sites for hydroxylation is 2. The van der Waals surface area contributed by atoms with Crippen LogP contribution >= 0.6 is 0 Å². The van der Waals surface area contributed by atoms with E-state index in [2.05, 4.69) is 123 Å². The molecule has 0 aliphatic rings. The van der Waals surface area contributed by atoms with E-state index in [9.17, 15) is 0 Å². The Kier molecular flexibility index (Phi) is 4.33. The summed E-state index contributed by atoms with van der Waals surface area (Å²) in [5.41, 5.74) is 7.92. The first-order valence-corrected chi connectivity index (χ1v) is 11.2. The second-order valence-corrected chi connectivity index (χ2v) is 8.67. The predicted molar refractivity (Wildman–Crippen MR) is 139 cm³/mol. The lowest BCUT2D eigenvalue weighted by molar-refractivity contribution is 1.39. The summed E-state index contributed by atoms with van der Waals surface area (Å²) in [6.07, 6.45) is 0. The zero-order chi connectivity index (χ0) is 21.7. The summed E-state index contributed by atoms with van der Waals surface area (Å²) in [6.45, 7) is 4.45. The molecule has 0 spiro atoms. The Hall–Kier alpha value is -3.90. The molecule has 0 heterocycles. The van der Waals surface area contributed by atoms with Gasteiger partial charge in [0.25, 0.3) is 0 Å². The van der Waals surface area contributed by atoms with Gasteiger partial charge in [-0.2, -0.15) is 0 Å². The molecule has 152 valence electrons. The Morgan fingerprint density at radius 1 is 0.375 bits per heavy atom. The van der Waals surface area contributed by atoms with Crippen LogP contribution in [0.2, 0.25) is 0 Å². The Morgan fingerprint density at radius 3 is 1.47 bits per heavy atom. The monoisotopic (exact) mass is 408 g/mol. The molecule has 0 saturated carbocycles. The van der Waals surface area contributed by atoms with Gasteiger partial charge in [-0.05, 0) is 85.6 Å². The highest BCUT2D eigenvalue weighted by Gasteiger charge is 2.18. The highest BCUT2D eigenvalue weighted by Crippen LogP contribution is 2.45. The minimum absolute atomic E-state index is 1.27. The third kappa shape index (κ3) is 2.84. The fourth-order valence-electron chi connectivity index (χ4n) is 5.26. The van der Waals surface area contributed by atoms with Gasteiger partial charge in [-0.1, -0.05) is 103 Å². The number of fused-ring (bicyclic) bond motifs is 3. The van der Waals surface area contributed by atoms with Crippen LogP contribution in [-0.4, -0.2) is 0 Å². The molecule has 0 radical (unpaired) electrons. The molecule has 0 unspecified atom stereocenters. The van der Waals surface area contributed by atoms with E-state index in [1.54, 1.807) is 0 Å². The van der Waals surface area contributed by atoms with Crippen LogP contribution < -0.4 is 0 Å². The van der Waals surface area contributed by atoms with E-state index in [4.69, 9.17) is 0 Å². The molecule has 0 nitrogen and oxygen atoms in total. The van der Waals surface area contributed by atoms with E-state index in [1.165, 1.54) is 65.7 Å². The highest BCUT2D eigenvalue weighted by atomic mass is 14.2. The maximum absolute atomic E-state index is 2.34. The van der Waals surface area contributed by atoms with E-state index >= 15 is 0 Å². The van der Waals surface area contributed by atoms with Gasteiger partial charge < -0.3 is 0 Å². The van der Waals surface area contributed by atoms with Crippen LogP contribution in [0.25, 0.3) is 54.6 Å². The zero-order valence-corrected chi connectivity index (χ0v) is 18.4. The fraction of sp³-hybridized carbons (Fsp3) is 0.0625. The minimum Gasteiger partial charge on any atom is -0.0617 e. The van der Waals surface area contributed by atoms with Gasteiger partial charge in [-0.3, -0.25) is 0 Å². The van der Waals surface area contributed by atoms with Crippen molar-refractivity contribution in [3.8, 4) is 22.3 Å². The van der Waals surface area contributed by atoms with Crippen molar-refractivity contribution in [1.82, 2.24) is 0 Å². The SMILES string of the molecule is Cc1cccc(C)c1-c1c2ccccc2c(-c2ccc3ccccc3c2)c2ccccc12. The largest absolute Gasteiger partial charge is 0.0617 e. The van der Waals surface area contributed by atoms with Crippen LogP contribution in [0, 0.1) is 13.8 Å². The lowest BCUT2D eigenvalue weighted by atomic mass is 9.83. The fourth-order valence-corrected chi connectivity index (χ4v) is 5.26. The van der Waals surface area contributed by atoms with E-state index in [0.29, 0.717) is 0 Å². The third-order valence-corrected chi connectivity index (χ3v) is 6.70. The van der Waals surface area contributed by atoms with Crippen LogP contribution in [0.1, 0.15) is 11.1 Å². The minimum atomic E-state index is 1.27. The van der Waals surface area contributed by atoms with E-state index in [-0.39, 0.29) is 0 Å². The van der Waals surface area contributed by atoms with Gasteiger partial charge in [0, 0.05) is 0 Å². The topological polar surface area (TPSA) is 0 Å². The number of benzene rings is 6. The third-order valence-electron chi connectivity index (χ3n) is 6.70. The van der Waals surface area contributed by atoms with Crippen molar-refractivity contribution < 1.29 is 0 Å². The van der Waals surface area contributed by atoms with Gasteiger partial charge in [0.1, 0.15) is 0 Å². The van der Waals surface area contributed by atoms with Crippen molar-refractivity contribution in [3.63, 3.8) is 0 Å². The van der Waals surface area contributed by atoms with Gasteiger partial charge in [0.15, 0.2) is 0 Å². The average Bonchev–Trinajstić information content (AvgIpc) is 2.83. The lowest BCUT2D eigenvalue weighted by Crippen LogP contribution is -1.94. The van der Waals surface area contributed by atoms with Crippen LogP contribution in [0.15, 0.2) is 109 Å². The Labute approximate surface area is 188 Å². The summed E-state index contributed by atoms with van der Waals surface area (Å²) in [6, 6.07) is 39.8. The smallest absolute Gasteiger partial charge is 0.00210 e. The molecule has 0 saturated heterocycles. The Bertz CT molecular complexity index is 1560. The van der Waals surface area contributed by atoms with Crippen LogP contribution in [0.4, 0.5) is 0 Å². The first-order valence-electron chi connectivity index (χ1n) is 11.2. The Morgan fingerprint density at radius 2 is 0.875 bits per heavy atom. The maximum atomic E-state index is 2.34. The molecule has 0 bridgehead atoms.